The largest absolute Gasteiger partial charge is 0.508 e. The molecular weight excluding hydrogens is 306 g/mol. The molecule has 1 aromatic rings. The minimum absolute atomic E-state index is 0.0759. The van der Waals surface area contributed by atoms with Crippen LogP contribution < -0.4 is 10.1 Å². The highest BCUT2D eigenvalue weighted by Crippen LogP contribution is 2.27. The van der Waals surface area contributed by atoms with Crippen LogP contribution >= 0.6 is 0 Å². The van der Waals surface area contributed by atoms with Gasteiger partial charge in [-0.25, -0.2) is 0 Å². The second-order valence-electron chi connectivity index (χ2n) is 5.26. The molecule has 8 nitrogen and oxygen atoms in total. The van der Waals surface area contributed by atoms with Gasteiger partial charge in [-0.05, 0) is 31.3 Å². The molecule has 8 heteroatoms. The first kappa shape index (κ1) is 17.9. The molecule has 0 saturated carbocycles. The van der Waals surface area contributed by atoms with E-state index in [1.54, 1.807) is 7.05 Å². The maximum atomic E-state index is 10.3. The Balaban J connectivity index is 2.08. The molecule has 23 heavy (non-hydrogen) atoms. The average Bonchev–Trinajstić information content (AvgIpc) is 2.55. The topological polar surface area (TPSA) is 121 Å². The molecule has 1 aromatic carbocycles. The third-order valence-electron chi connectivity index (χ3n) is 3.56. The van der Waals surface area contributed by atoms with Crippen molar-refractivity contribution in [1.82, 2.24) is 5.32 Å². The summed E-state index contributed by atoms with van der Waals surface area (Å²) in [6, 6.07) is 5.87. The molecule has 0 bridgehead atoms. The van der Waals surface area contributed by atoms with Crippen molar-refractivity contribution >= 4 is 0 Å². The van der Waals surface area contributed by atoms with Crippen LogP contribution in [0.2, 0.25) is 0 Å². The van der Waals surface area contributed by atoms with E-state index in [1.165, 1.54) is 24.3 Å². The third-order valence-corrected chi connectivity index (χ3v) is 3.56. The third kappa shape index (κ3) is 4.54. The van der Waals surface area contributed by atoms with Gasteiger partial charge in [0, 0.05) is 6.54 Å². The molecule has 5 atom stereocenters. The van der Waals surface area contributed by atoms with Crippen LogP contribution in [0.3, 0.4) is 0 Å². The number of hydrogen-bond acceptors (Lipinski definition) is 8. The Morgan fingerprint density at radius 1 is 1.17 bits per heavy atom. The van der Waals surface area contributed by atoms with Gasteiger partial charge in [-0.2, -0.15) is 0 Å². The van der Waals surface area contributed by atoms with Gasteiger partial charge < -0.3 is 40.0 Å². The molecule has 0 aromatic heterocycles. The molecule has 3 unspecified atom stereocenters. The van der Waals surface area contributed by atoms with E-state index in [0.717, 1.165) is 0 Å². The molecule has 0 amide bonds. The Kier molecular flexibility index (Phi) is 6.58. The zero-order valence-electron chi connectivity index (χ0n) is 12.8. The monoisotopic (exact) mass is 329 g/mol. The fourth-order valence-electron chi connectivity index (χ4n) is 2.29. The highest BCUT2D eigenvalue weighted by Gasteiger charge is 2.46. The molecule has 0 aliphatic carbocycles. The van der Waals surface area contributed by atoms with Crippen LogP contribution in [-0.4, -0.2) is 77.9 Å². The summed E-state index contributed by atoms with van der Waals surface area (Å²) in [7, 11) is 1.76. The molecule has 1 fully saturated rings. The van der Waals surface area contributed by atoms with Gasteiger partial charge >= 0.3 is 0 Å². The van der Waals surface area contributed by atoms with Gasteiger partial charge in [-0.15, -0.1) is 0 Å². The van der Waals surface area contributed by atoms with E-state index in [1.807, 2.05) is 0 Å². The first-order valence-corrected chi connectivity index (χ1v) is 7.41. The maximum Gasteiger partial charge on any atom is 0.187 e. The predicted molar refractivity (Wildman–Crippen MR) is 80.2 cm³/mol. The van der Waals surface area contributed by atoms with Crippen LogP contribution in [0.1, 0.15) is 0 Å². The van der Waals surface area contributed by atoms with E-state index in [0.29, 0.717) is 18.9 Å². The summed E-state index contributed by atoms with van der Waals surface area (Å²) < 4.78 is 16.4. The summed E-state index contributed by atoms with van der Waals surface area (Å²) in [5.41, 5.74) is 0. The number of aromatic hydroxyl groups is 1. The van der Waals surface area contributed by atoms with Crippen molar-refractivity contribution in [2.75, 3.05) is 26.8 Å². The minimum Gasteiger partial charge on any atom is -0.508 e. The minimum atomic E-state index is -1.24. The lowest BCUT2D eigenvalue weighted by atomic mass is 9.99. The standard InChI is InChI=1S/C15H23NO7/c1-16-6-7-21-15-13(20)14(12(19)11(8-17)23-15)22-10-4-2-9(18)3-5-10/h2-5,11-20H,6-8H2,1H3/t11?,12-,13?,14?,15+/m1/s1. The predicted octanol–water partition coefficient (Wildman–Crippen LogP) is -1.19. The summed E-state index contributed by atoms with van der Waals surface area (Å²) in [6.45, 7) is 0.413. The quantitative estimate of drug-likeness (QED) is 0.396. The molecule has 1 heterocycles. The van der Waals surface area contributed by atoms with E-state index in [-0.39, 0.29) is 5.75 Å². The number of benzene rings is 1. The van der Waals surface area contributed by atoms with E-state index < -0.39 is 37.3 Å². The van der Waals surface area contributed by atoms with Gasteiger partial charge in [0.2, 0.25) is 0 Å². The summed E-state index contributed by atoms with van der Waals surface area (Å²) in [5, 5.41) is 42.1. The molecule has 2 rings (SSSR count). The average molecular weight is 329 g/mol. The van der Waals surface area contributed by atoms with E-state index in [9.17, 15) is 20.4 Å². The number of phenols is 1. The summed E-state index contributed by atoms with van der Waals surface area (Å²) in [6.07, 6.45) is -5.46. The Labute approximate surface area is 134 Å². The lowest BCUT2D eigenvalue weighted by molar-refractivity contribution is -0.296. The van der Waals surface area contributed by atoms with Crippen molar-refractivity contribution < 1.29 is 34.6 Å². The zero-order chi connectivity index (χ0) is 16.8. The molecule has 130 valence electrons. The maximum absolute atomic E-state index is 10.3. The van der Waals surface area contributed by atoms with Crippen LogP contribution in [0.25, 0.3) is 0 Å². The fraction of sp³-hybridized carbons (Fsp3) is 0.600. The van der Waals surface area contributed by atoms with Gasteiger partial charge in [0.25, 0.3) is 0 Å². The molecule has 0 spiro atoms. The molecule has 1 aliphatic rings. The lowest BCUT2D eigenvalue weighted by Gasteiger charge is -2.41. The number of hydrogen-bond donors (Lipinski definition) is 5. The van der Waals surface area contributed by atoms with Crippen molar-refractivity contribution in [2.45, 2.75) is 30.7 Å². The second kappa shape index (κ2) is 8.44. The van der Waals surface area contributed by atoms with Crippen LogP contribution in [0.5, 0.6) is 11.5 Å². The normalized spacial score (nSPS) is 31.0. The first-order chi connectivity index (χ1) is 11.1. The smallest absolute Gasteiger partial charge is 0.187 e. The van der Waals surface area contributed by atoms with Gasteiger partial charge in [0.05, 0.1) is 13.2 Å². The highest BCUT2D eigenvalue weighted by molar-refractivity contribution is 5.30. The van der Waals surface area contributed by atoms with Crippen molar-refractivity contribution in [3.63, 3.8) is 0 Å². The summed E-state index contributed by atoms with van der Waals surface area (Å²) in [4.78, 5) is 0. The number of nitrogens with one attached hydrogen (secondary N) is 1. The van der Waals surface area contributed by atoms with Gasteiger partial charge in [-0.3, -0.25) is 0 Å². The van der Waals surface area contributed by atoms with Crippen LogP contribution in [0, 0.1) is 0 Å². The first-order valence-electron chi connectivity index (χ1n) is 7.41. The van der Waals surface area contributed by atoms with Crippen molar-refractivity contribution in [3.05, 3.63) is 24.3 Å². The number of likely N-dealkylation sites (N-methyl/N-ethyl adjacent to an activating group) is 1. The Bertz CT molecular complexity index is 469. The van der Waals surface area contributed by atoms with E-state index in [2.05, 4.69) is 5.32 Å². The van der Waals surface area contributed by atoms with E-state index >= 15 is 0 Å². The molecule has 0 radical (unpaired) electrons. The molecule has 1 saturated heterocycles. The summed E-state index contributed by atoms with van der Waals surface area (Å²) in [5.74, 6) is 0.436. The number of aliphatic hydroxyl groups is 3. The SMILES string of the molecule is CNCCO[C@H]1OC(CO)[C@@H](O)C(Oc2ccc(O)cc2)C1O. The summed E-state index contributed by atoms with van der Waals surface area (Å²) >= 11 is 0. The molecule has 1 aliphatic heterocycles. The van der Waals surface area contributed by atoms with Crippen molar-refractivity contribution in [2.24, 2.45) is 0 Å². The Hall–Kier alpha value is -1.42. The van der Waals surface area contributed by atoms with Gasteiger partial charge in [0.15, 0.2) is 12.4 Å². The Morgan fingerprint density at radius 2 is 1.87 bits per heavy atom. The molecular formula is C15H23NO7. The van der Waals surface area contributed by atoms with Gasteiger partial charge in [0.1, 0.15) is 29.8 Å². The highest BCUT2D eigenvalue weighted by atomic mass is 16.7. The number of ether oxygens (including phenoxy) is 3. The van der Waals surface area contributed by atoms with Crippen molar-refractivity contribution in [3.8, 4) is 11.5 Å². The van der Waals surface area contributed by atoms with Crippen LogP contribution in [0.4, 0.5) is 0 Å². The van der Waals surface area contributed by atoms with Crippen LogP contribution in [-0.2, 0) is 9.47 Å². The Morgan fingerprint density at radius 3 is 2.48 bits per heavy atom. The van der Waals surface area contributed by atoms with Crippen molar-refractivity contribution in [1.29, 1.82) is 0 Å². The number of phenolic OH excluding ortho intramolecular Hbond substituents is 1. The van der Waals surface area contributed by atoms with Crippen LogP contribution in [0.15, 0.2) is 24.3 Å². The zero-order valence-corrected chi connectivity index (χ0v) is 12.8. The van der Waals surface area contributed by atoms with Gasteiger partial charge in [-0.1, -0.05) is 0 Å². The number of aliphatic hydroxyl groups excluding tert-OH is 3. The lowest BCUT2D eigenvalue weighted by Crippen LogP contribution is -2.61. The fourth-order valence-corrected chi connectivity index (χ4v) is 2.29. The molecule has 5 N–H and O–H groups in total. The van der Waals surface area contributed by atoms with E-state index in [4.69, 9.17) is 14.2 Å². The number of rotatable bonds is 7. The second-order valence-corrected chi connectivity index (χ2v) is 5.26.